The number of hydrogen-bond donors (Lipinski definition) is 1. The average Bonchev–Trinajstić information content (AvgIpc) is 3.06. The summed E-state index contributed by atoms with van der Waals surface area (Å²) >= 11 is 0. The van der Waals surface area contributed by atoms with E-state index in [9.17, 15) is 9.90 Å². The third-order valence-electron chi connectivity index (χ3n) is 3.41. The zero-order valence-corrected chi connectivity index (χ0v) is 9.78. The topological polar surface area (TPSA) is 68.0 Å². The van der Waals surface area contributed by atoms with Gasteiger partial charge in [-0.15, -0.1) is 10.2 Å². The molecule has 1 aliphatic carbocycles. The van der Waals surface area contributed by atoms with Crippen LogP contribution in [-0.2, 0) is 16.8 Å². The van der Waals surface area contributed by atoms with E-state index in [1.54, 1.807) is 4.57 Å². The molecule has 2 aromatic rings. The van der Waals surface area contributed by atoms with Gasteiger partial charge in [-0.3, -0.25) is 0 Å². The van der Waals surface area contributed by atoms with Crippen LogP contribution >= 0.6 is 0 Å². The van der Waals surface area contributed by atoms with Crippen molar-refractivity contribution in [2.75, 3.05) is 0 Å². The van der Waals surface area contributed by atoms with Gasteiger partial charge < -0.3 is 9.67 Å². The van der Waals surface area contributed by atoms with Crippen molar-refractivity contribution < 1.29 is 9.90 Å². The molecular weight excluding hydrogens is 230 g/mol. The average molecular weight is 243 g/mol. The maximum atomic E-state index is 11.3. The number of nitrogens with zero attached hydrogens (tertiary/aromatic N) is 3. The molecule has 0 spiro atoms. The van der Waals surface area contributed by atoms with E-state index in [2.05, 4.69) is 10.2 Å². The van der Waals surface area contributed by atoms with Crippen LogP contribution in [0.1, 0.15) is 24.2 Å². The maximum absolute atomic E-state index is 11.3. The molecule has 0 atom stereocenters. The zero-order chi connectivity index (χ0) is 12.6. The Bertz CT molecular complexity index is 573. The summed E-state index contributed by atoms with van der Waals surface area (Å²) in [5.41, 5.74) is 0.307. The molecule has 1 N–H and O–H groups in total. The first-order valence-corrected chi connectivity index (χ1v) is 5.89. The maximum Gasteiger partial charge on any atom is 0.329 e. The Labute approximate surface area is 104 Å². The van der Waals surface area contributed by atoms with Gasteiger partial charge in [0, 0.05) is 6.42 Å². The van der Waals surface area contributed by atoms with E-state index in [1.807, 2.05) is 30.3 Å². The van der Waals surface area contributed by atoms with Crippen LogP contribution < -0.4 is 0 Å². The summed E-state index contributed by atoms with van der Waals surface area (Å²) < 4.78 is 1.71. The first kappa shape index (κ1) is 11.0. The van der Waals surface area contributed by atoms with Gasteiger partial charge in [-0.2, -0.15) is 0 Å². The summed E-state index contributed by atoms with van der Waals surface area (Å²) in [6.07, 6.45) is 3.44. The van der Waals surface area contributed by atoms with Crippen LogP contribution in [0.2, 0.25) is 0 Å². The van der Waals surface area contributed by atoms with E-state index in [0.29, 0.717) is 25.1 Å². The number of rotatable bonds is 4. The Morgan fingerprint density at radius 1 is 1.33 bits per heavy atom. The quantitative estimate of drug-likeness (QED) is 0.882. The van der Waals surface area contributed by atoms with Crippen LogP contribution in [0.4, 0.5) is 0 Å². The lowest BCUT2D eigenvalue weighted by Gasteiger charge is -2.13. The van der Waals surface area contributed by atoms with E-state index < -0.39 is 11.5 Å². The van der Waals surface area contributed by atoms with Gasteiger partial charge in [-0.05, 0) is 18.4 Å². The molecule has 0 amide bonds. The summed E-state index contributed by atoms with van der Waals surface area (Å²) in [6.45, 7) is 0. The standard InChI is InChI=1S/C13H13N3O2/c17-12(18)13(6-7-13)16-9-14-15-11(16)8-10-4-2-1-3-5-10/h1-5,9H,6-8H2,(H,17,18). The largest absolute Gasteiger partial charge is 0.479 e. The van der Waals surface area contributed by atoms with Crippen molar-refractivity contribution in [3.05, 3.63) is 48.0 Å². The van der Waals surface area contributed by atoms with Crippen molar-refractivity contribution in [2.45, 2.75) is 24.8 Å². The first-order chi connectivity index (χ1) is 8.72. The number of carboxylic acids is 1. The van der Waals surface area contributed by atoms with E-state index in [4.69, 9.17) is 0 Å². The number of carboxylic acid groups (broad SMARTS) is 1. The fraction of sp³-hybridized carbons (Fsp3) is 0.308. The van der Waals surface area contributed by atoms with Gasteiger partial charge in [0.1, 0.15) is 17.7 Å². The molecule has 0 unspecified atom stereocenters. The molecule has 5 nitrogen and oxygen atoms in total. The van der Waals surface area contributed by atoms with Gasteiger partial charge in [0.15, 0.2) is 0 Å². The molecule has 1 heterocycles. The molecule has 1 aliphatic rings. The van der Waals surface area contributed by atoms with Crippen molar-refractivity contribution >= 4 is 5.97 Å². The Morgan fingerprint density at radius 3 is 2.67 bits per heavy atom. The molecule has 3 rings (SSSR count). The number of aromatic nitrogens is 3. The molecule has 92 valence electrons. The van der Waals surface area contributed by atoms with Gasteiger partial charge in [0.25, 0.3) is 0 Å². The number of hydrogen-bond acceptors (Lipinski definition) is 3. The van der Waals surface area contributed by atoms with Crippen LogP contribution in [-0.4, -0.2) is 25.8 Å². The molecular formula is C13H13N3O2. The summed E-state index contributed by atoms with van der Waals surface area (Å²) in [7, 11) is 0. The Kier molecular flexibility index (Phi) is 2.40. The number of benzene rings is 1. The molecule has 18 heavy (non-hydrogen) atoms. The molecule has 0 saturated heterocycles. The highest BCUT2D eigenvalue weighted by molar-refractivity contribution is 5.80. The summed E-state index contributed by atoms with van der Waals surface area (Å²) in [6, 6.07) is 9.87. The normalized spacial score (nSPS) is 16.4. The smallest absolute Gasteiger partial charge is 0.329 e. The minimum atomic E-state index is -0.798. The van der Waals surface area contributed by atoms with Crippen molar-refractivity contribution in [3.63, 3.8) is 0 Å². The molecule has 5 heteroatoms. The van der Waals surface area contributed by atoms with Gasteiger partial charge >= 0.3 is 5.97 Å². The van der Waals surface area contributed by atoms with Gasteiger partial charge in [0.2, 0.25) is 0 Å². The van der Waals surface area contributed by atoms with Crippen molar-refractivity contribution in [2.24, 2.45) is 0 Å². The third-order valence-corrected chi connectivity index (χ3v) is 3.41. The van der Waals surface area contributed by atoms with Crippen molar-refractivity contribution in [3.8, 4) is 0 Å². The van der Waals surface area contributed by atoms with E-state index in [0.717, 1.165) is 5.56 Å². The lowest BCUT2D eigenvalue weighted by atomic mass is 10.1. The monoisotopic (exact) mass is 243 g/mol. The fourth-order valence-electron chi connectivity index (χ4n) is 2.19. The van der Waals surface area contributed by atoms with Crippen LogP contribution in [0.15, 0.2) is 36.7 Å². The second-order valence-corrected chi connectivity index (χ2v) is 4.62. The van der Waals surface area contributed by atoms with E-state index in [-0.39, 0.29) is 0 Å². The molecule has 1 saturated carbocycles. The molecule has 1 aromatic heterocycles. The van der Waals surface area contributed by atoms with Gasteiger partial charge in [-0.1, -0.05) is 30.3 Å². The zero-order valence-electron chi connectivity index (χ0n) is 9.78. The van der Waals surface area contributed by atoms with Crippen LogP contribution in [0.5, 0.6) is 0 Å². The predicted molar refractivity (Wildman–Crippen MR) is 64.1 cm³/mol. The Morgan fingerprint density at radius 2 is 2.06 bits per heavy atom. The number of carbonyl (C=O) groups is 1. The van der Waals surface area contributed by atoms with Gasteiger partial charge in [0.05, 0.1) is 0 Å². The summed E-state index contributed by atoms with van der Waals surface area (Å²) in [4.78, 5) is 11.3. The van der Waals surface area contributed by atoms with Crippen LogP contribution in [0.25, 0.3) is 0 Å². The Hall–Kier alpha value is -2.17. The molecule has 0 aliphatic heterocycles. The lowest BCUT2D eigenvalue weighted by Crippen LogP contribution is -2.28. The van der Waals surface area contributed by atoms with E-state index >= 15 is 0 Å². The van der Waals surface area contributed by atoms with E-state index in [1.165, 1.54) is 6.33 Å². The summed E-state index contributed by atoms with van der Waals surface area (Å²) in [5.74, 6) is -0.0855. The molecule has 0 radical (unpaired) electrons. The summed E-state index contributed by atoms with van der Waals surface area (Å²) in [5, 5.41) is 17.2. The van der Waals surface area contributed by atoms with Crippen molar-refractivity contribution in [1.29, 1.82) is 0 Å². The highest BCUT2D eigenvalue weighted by Gasteiger charge is 2.53. The predicted octanol–water partition coefficient (Wildman–Crippen LogP) is 1.44. The molecule has 0 bridgehead atoms. The van der Waals surface area contributed by atoms with Crippen molar-refractivity contribution in [1.82, 2.24) is 14.8 Å². The second kappa shape index (κ2) is 3.94. The minimum Gasteiger partial charge on any atom is -0.479 e. The lowest BCUT2D eigenvalue weighted by molar-refractivity contribution is -0.142. The SMILES string of the molecule is O=C(O)C1(n2cnnc2Cc2ccccc2)CC1. The Balaban J connectivity index is 1.91. The first-order valence-electron chi connectivity index (χ1n) is 5.89. The van der Waals surface area contributed by atoms with Crippen LogP contribution in [0, 0.1) is 0 Å². The molecule has 1 fully saturated rings. The van der Waals surface area contributed by atoms with Crippen LogP contribution in [0.3, 0.4) is 0 Å². The number of aliphatic carboxylic acids is 1. The highest BCUT2D eigenvalue weighted by Crippen LogP contribution is 2.44. The van der Waals surface area contributed by atoms with Gasteiger partial charge in [-0.25, -0.2) is 4.79 Å². The minimum absolute atomic E-state index is 0.607. The fourth-order valence-corrected chi connectivity index (χ4v) is 2.19. The molecule has 1 aromatic carbocycles. The highest BCUT2D eigenvalue weighted by atomic mass is 16.4. The second-order valence-electron chi connectivity index (χ2n) is 4.62. The third kappa shape index (κ3) is 1.68.